The lowest BCUT2D eigenvalue weighted by atomic mass is 9.86. The molecule has 0 aliphatic carbocycles. The van der Waals surface area contributed by atoms with Crippen molar-refractivity contribution >= 4 is 23.3 Å². The standard InChI is InChI=1S/C15H17ClN2O2/c1-10-9-18(7-6-12(10)15(19)20-2)14-11(8-17)4-3-5-13(14)16/h3-5,10,12H,6-7,9H2,1-2H3/t10-,12+/m0/s1. The lowest BCUT2D eigenvalue weighted by molar-refractivity contribution is -0.147. The van der Waals surface area contributed by atoms with Crippen LogP contribution in [0.2, 0.25) is 5.02 Å². The highest BCUT2D eigenvalue weighted by atomic mass is 35.5. The smallest absolute Gasteiger partial charge is 0.309 e. The van der Waals surface area contributed by atoms with Crippen LogP contribution in [0.5, 0.6) is 0 Å². The van der Waals surface area contributed by atoms with Gasteiger partial charge < -0.3 is 9.64 Å². The Labute approximate surface area is 123 Å². The lowest BCUT2D eigenvalue weighted by Crippen LogP contribution is -2.42. The van der Waals surface area contributed by atoms with E-state index >= 15 is 0 Å². The summed E-state index contributed by atoms with van der Waals surface area (Å²) >= 11 is 6.23. The molecule has 0 radical (unpaired) electrons. The molecule has 1 aliphatic heterocycles. The van der Waals surface area contributed by atoms with Gasteiger partial charge in [-0.15, -0.1) is 0 Å². The van der Waals surface area contributed by atoms with E-state index in [0.717, 1.165) is 5.69 Å². The number of anilines is 1. The number of carbonyl (C=O) groups excluding carboxylic acids is 1. The van der Waals surface area contributed by atoms with E-state index in [9.17, 15) is 10.1 Å². The van der Waals surface area contributed by atoms with Crippen molar-refractivity contribution in [2.75, 3.05) is 25.1 Å². The van der Waals surface area contributed by atoms with Crippen LogP contribution in [-0.4, -0.2) is 26.2 Å². The Bertz CT molecular complexity index is 553. The van der Waals surface area contributed by atoms with E-state index in [1.165, 1.54) is 7.11 Å². The van der Waals surface area contributed by atoms with Crippen LogP contribution in [0, 0.1) is 23.2 Å². The quantitative estimate of drug-likeness (QED) is 0.787. The van der Waals surface area contributed by atoms with E-state index in [-0.39, 0.29) is 17.8 Å². The number of halogens is 1. The van der Waals surface area contributed by atoms with E-state index in [1.807, 2.05) is 6.92 Å². The first-order chi connectivity index (χ1) is 9.58. The van der Waals surface area contributed by atoms with Crippen LogP contribution in [0.1, 0.15) is 18.9 Å². The Morgan fingerprint density at radius 2 is 2.30 bits per heavy atom. The van der Waals surface area contributed by atoms with Gasteiger partial charge >= 0.3 is 5.97 Å². The first-order valence-corrected chi connectivity index (χ1v) is 6.97. The van der Waals surface area contributed by atoms with E-state index in [4.69, 9.17) is 16.3 Å². The number of methoxy groups -OCH3 is 1. The third-order valence-corrected chi connectivity index (χ3v) is 4.14. The number of ether oxygens (including phenoxy) is 1. The molecule has 5 heteroatoms. The Morgan fingerprint density at radius 3 is 2.90 bits per heavy atom. The molecule has 0 amide bonds. The minimum Gasteiger partial charge on any atom is -0.469 e. The minimum atomic E-state index is -0.156. The van der Waals surface area contributed by atoms with Crippen LogP contribution in [0.25, 0.3) is 0 Å². The van der Waals surface area contributed by atoms with Crippen molar-refractivity contribution in [3.8, 4) is 6.07 Å². The Balaban J connectivity index is 2.22. The van der Waals surface area contributed by atoms with Crippen LogP contribution in [0.3, 0.4) is 0 Å². The fraction of sp³-hybridized carbons (Fsp3) is 0.467. The molecule has 1 heterocycles. The number of carbonyl (C=O) groups is 1. The second-order valence-electron chi connectivity index (χ2n) is 5.09. The van der Waals surface area contributed by atoms with Gasteiger partial charge in [0, 0.05) is 13.1 Å². The van der Waals surface area contributed by atoms with Gasteiger partial charge in [-0.25, -0.2) is 0 Å². The molecule has 0 saturated carbocycles. The minimum absolute atomic E-state index is 0.0794. The zero-order chi connectivity index (χ0) is 14.7. The summed E-state index contributed by atoms with van der Waals surface area (Å²) in [5, 5.41) is 9.78. The normalized spacial score (nSPS) is 22.2. The molecule has 0 bridgehead atoms. The lowest BCUT2D eigenvalue weighted by Gasteiger charge is -2.37. The summed E-state index contributed by atoms with van der Waals surface area (Å²) in [6.45, 7) is 3.41. The number of nitrogens with zero attached hydrogens (tertiary/aromatic N) is 2. The average Bonchev–Trinajstić information content (AvgIpc) is 2.46. The van der Waals surface area contributed by atoms with Gasteiger partial charge in [0.1, 0.15) is 6.07 Å². The topological polar surface area (TPSA) is 53.3 Å². The summed E-state index contributed by atoms with van der Waals surface area (Å²) < 4.78 is 4.83. The zero-order valence-electron chi connectivity index (χ0n) is 11.6. The molecule has 2 rings (SSSR count). The Hall–Kier alpha value is -1.73. The molecule has 2 atom stereocenters. The average molecular weight is 293 g/mol. The Morgan fingerprint density at radius 1 is 1.55 bits per heavy atom. The van der Waals surface area contributed by atoms with Crippen molar-refractivity contribution in [2.24, 2.45) is 11.8 Å². The number of esters is 1. The molecule has 1 aromatic rings. The molecule has 1 aliphatic rings. The highest BCUT2D eigenvalue weighted by molar-refractivity contribution is 6.33. The highest BCUT2D eigenvalue weighted by Crippen LogP contribution is 2.34. The number of nitriles is 1. The van der Waals surface area contributed by atoms with Gasteiger partial charge in [-0.1, -0.05) is 24.6 Å². The molecular formula is C15H17ClN2O2. The summed E-state index contributed by atoms with van der Waals surface area (Å²) in [6, 6.07) is 7.50. The molecule has 1 saturated heterocycles. The maximum atomic E-state index is 11.7. The monoisotopic (exact) mass is 292 g/mol. The van der Waals surface area contributed by atoms with Crippen molar-refractivity contribution in [2.45, 2.75) is 13.3 Å². The van der Waals surface area contributed by atoms with E-state index in [0.29, 0.717) is 30.1 Å². The molecule has 1 aromatic carbocycles. The van der Waals surface area contributed by atoms with Gasteiger partial charge in [0.2, 0.25) is 0 Å². The van der Waals surface area contributed by atoms with Crippen LogP contribution >= 0.6 is 11.6 Å². The van der Waals surface area contributed by atoms with Crippen molar-refractivity contribution in [1.82, 2.24) is 0 Å². The molecule has 4 nitrogen and oxygen atoms in total. The van der Waals surface area contributed by atoms with E-state index in [2.05, 4.69) is 11.0 Å². The first-order valence-electron chi connectivity index (χ1n) is 6.60. The summed E-state index contributed by atoms with van der Waals surface area (Å²) in [7, 11) is 1.42. The van der Waals surface area contributed by atoms with Crippen molar-refractivity contribution in [3.05, 3.63) is 28.8 Å². The van der Waals surface area contributed by atoms with Crippen LogP contribution in [-0.2, 0) is 9.53 Å². The van der Waals surface area contributed by atoms with E-state index < -0.39 is 0 Å². The largest absolute Gasteiger partial charge is 0.469 e. The Kier molecular flexibility index (Phi) is 4.51. The summed E-state index contributed by atoms with van der Waals surface area (Å²) in [5.41, 5.74) is 1.34. The maximum Gasteiger partial charge on any atom is 0.309 e. The fourth-order valence-electron chi connectivity index (χ4n) is 2.78. The van der Waals surface area contributed by atoms with Crippen LogP contribution < -0.4 is 4.90 Å². The molecule has 0 N–H and O–H groups in total. The maximum absolute atomic E-state index is 11.7. The van der Waals surface area contributed by atoms with Gasteiger partial charge in [-0.05, 0) is 24.5 Å². The molecule has 0 aromatic heterocycles. The van der Waals surface area contributed by atoms with Gasteiger partial charge in [0.15, 0.2) is 0 Å². The van der Waals surface area contributed by atoms with E-state index in [1.54, 1.807) is 18.2 Å². The molecule has 106 valence electrons. The first kappa shape index (κ1) is 14.7. The fourth-order valence-corrected chi connectivity index (χ4v) is 3.07. The van der Waals surface area contributed by atoms with Crippen molar-refractivity contribution in [3.63, 3.8) is 0 Å². The molecule has 0 unspecified atom stereocenters. The van der Waals surface area contributed by atoms with Gasteiger partial charge in [-0.3, -0.25) is 4.79 Å². The zero-order valence-corrected chi connectivity index (χ0v) is 12.4. The third-order valence-electron chi connectivity index (χ3n) is 3.83. The number of rotatable bonds is 2. The third kappa shape index (κ3) is 2.73. The number of piperidine rings is 1. The summed E-state index contributed by atoms with van der Waals surface area (Å²) in [6.07, 6.45) is 0.712. The number of hydrogen-bond donors (Lipinski definition) is 0. The van der Waals surface area contributed by atoms with Crippen LogP contribution in [0.15, 0.2) is 18.2 Å². The molecule has 20 heavy (non-hydrogen) atoms. The van der Waals surface area contributed by atoms with Gasteiger partial charge in [0.25, 0.3) is 0 Å². The number of para-hydroxylation sites is 1. The number of hydrogen-bond acceptors (Lipinski definition) is 4. The molecule has 0 spiro atoms. The SMILES string of the molecule is COC(=O)[C@@H]1CCN(c2c(Cl)cccc2C#N)C[C@@H]1C. The van der Waals surface area contributed by atoms with Crippen molar-refractivity contribution < 1.29 is 9.53 Å². The highest BCUT2D eigenvalue weighted by Gasteiger charge is 2.33. The van der Waals surface area contributed by atoms with Crippen LogP contribution in [0.4, 0.5) is 5.69 Å². The second-order valence-corrected chi connectivity index (χ2v) is 5.50. The molecule has 1 fully saturated rings. The van der Waals surface area contributed by atoms with Gasteiger partial charge in [-0.2, -0.15) is 5.26 Å². The van der Waals surface area contributed by atoms with Crippen molar-refractivity contribution in [1.29, 1.82) is 5.26 Å². The predicted molar refractivity (Wildman–Crippen MR) is 77.7 cm³/mol. The summed E-state index contributed by atoms with van der Waals surface area (Å²) in [4.78, 5) is 13.8. The second kappa shape index (κ2) is 6.15. The summed E-state index contributed by atoms with van der Waals surface area (Å²) in [5.74, 6) is -0.0693. The van der Waals surface area contributed by atoms with Gasteiger partial charge in [0.05, 0.1) is 29.3 Å². The predicted octanol–water partition coefficient (Wildman–Crippen LogP) is 2.85. The number of benzene rings is 1. The molecular weight excluding hydrogens is 276 g/mol.